The molecule has 1 aromatic rings. The van der Waals surface area contributed by atoms with Gasteiger partial charge in [-0.3, -0.25) is 0 Å². The standard InChI is InChI=1S/C13H22SSi/c1-11(2)14-10-12-6-8-13(9-7-12)15(3,4)5/h6-9,11H,10H2,1-5H3. The van der Waals surface area contributed by atoms with E-state index in [0.717, 1.165) is 11.0 Å². The van der Waals surface area contributed by atoms with E-state index < -0.39 is 8.07 Å². The van der Waals surface area contributed by atoms with E-state index in [4.69, 9.17) is 0 Å². The highest BCUT2D eigenvalue weighted by molar-refractivity contribution is 7.99. The van der Waals surface area contributed by atoms with Crippen molar-refractivity contribution in [3.63, 3.8) is 0 Å². The Morgan fingerprint density at radius 1 is 1.07 bits per heavy atom. The normalized spacial score (nSPS) is 12.1. The van der Waals surface area contributed by atoms with Crippen LogP contribution < -0.4 is 5.19 Å². The zero-order valence-corrected chi connectivity index (χ0v) is 12.3. The molecule has 0 aliphatic heterocycles. The fourth-order valence-corrected chi connectivity index (χ4v) is 3.25. The van der Waals surface area contributed by atoms with Crippen molar-refractivity contribution < 1.29 is 0 Å². The van der Waals surface area contributed by atoms with Crippen LogP contribution in [0.3, 0.4) is 0 Å². The zero-order valence-electron chi connectivity index (χ0n) is 10.5. The topological polar surface area (TPSA) is 0 Å². The minimum atomic E-state index is -1.11. The maximum absolute atomic E-state index is 2.39. The molecular weight excluding hydrogens is 216 g/mol. The Balaban J connectivity index is 2.65. The van der Waals surface area contributed by atoms with Crippen LogP contribution in [-0.4, -0.2) is 13.3 Å². The van der Waals surface area contributed by atoms with Crippen LogP contribution in [0.1, 0.15) is 19.4 Å². The fraction of sp³-hybridized carbons (Fsp3) is 0.538. The molecule has 1 rings (SSSR count). The summed E-state index contributed by atoms with van der Waals surface area (Å²) in [5, 5.41) is 2.28. The van der Waals surface area contributed by atoms with Gasteiger partial charge in [0.1, 0.15) is 0 Å². The Hall–Kier alpha value is -0.213. The van der Waals surface area contributed by atoms with Gasteiger partial charge in [-0.05, 0) is 10.8 Å². The van der Waals surface area contributed by atoms with Crippen LogP contribution in [-0.2, 0) is 5.75 Å². The first-order valence-corrected chi connectivity index (χ1v) is 10.2. The first-order valence-electron chi connectivity index (χ1n) is 5.60. The second-order valence-corrected chi connectivity index (χ2v) is 11.9. The number of rotatable bonds is 4. The van der Waals surface area contributed by atoms with Crippen LogP contribution >= 0.6 is 11.8 Å². The molecule has 1 aromatic carbocycles. The molecule has 0 bridgehead atoms. The van der Waals surface area contributed by atoms with E-state index >= 15 is 0 Å². The van der Waals surface area contributed by atoms with E-state index in [1.165, 1.54) is 5.56 Å². The van der Waals surface area contributed by atoms with Crippen molar-refractivity contribution in [2.24, 2.45) is 0 Å². The molecule has 0 saturated heterocycles. The molecule has 0 spiro atoms. The summed E-state index contributed by atoms with van der Waals surface area (Å²) in [5.41, 5.74) is 1.45. The van der Waals surface area contributed by atoms with Gasteiger partial charge in [-0.2, -0.15) is 11.8 Å². The molecule has 0 aliphatic carbocycles. The molecule has 0 aliphatic rings. The summed E-state index contributed by atoms with van der Waals surface area (Å²) < 4.78 is 0. The third-order valence-corrected chi connectivity index (χ3v) is 5.64. The van der Waals surface area contributed by atoms with Gasteiger partial charge in [-0.25, -0.2) is 0 Å². The molecule has 2 heteroatoms. The smallest absolute Gasteiger partial charge is 0.0775 e. The van der Waals surface area contributed by atoms with Crippen LogP contribution in [0, 0.1) is 0 Å². The molecule has 15 heavy (non-hydrogen) atoms. The Morgan fingerprint density at radius 3 is 2.00 bits per heavy atom. The average Bonchev–Trinajstić information content (AvgIpc) is 2.14. The molecule has 84 valence electrons. The summed E-state index contributed by atoms with van der Waals surface area (Å²) in [6.45, 7) is 11.7. The van der Waals surface area contributed by atoms with E-state index in [0.29, 0.717) is 0 Å². The predicted molar refractivity (Wildman–Crippen MR) is 75.9 cm³/mol. The summed E-state index contributed by atoms with van der Waals surface area (Å²) in [6, 6.07) is 9.23. The first-order chi connectivity index (χ1) is 6.89. The van der Waals surface area contributed by atoms with Crippen molar-refractivity contribution in [2.45, 2.75) is 44.5 Å². The lowest BCUT2D eigenvalue weighted by Gasteiger charge is -2.16. The maximum atomic E-state index is 2.39. The quantitative estimate of drug-likeness (QED) is 0.718. The highest BCUT2D eigenvalue weighted by atomic mass is 32.2. The van der Waals surface area contributed by atoms with E-state index in [1.54, 1.807) is 5.19 Å². The number of benzene rings is 1. The Kier molecular flexibility index (Phi) is 4.47. The summed E-state index contributed by atoms with van der Waals surface area (Å²) in [4.78, 5) is 0. The summed E-state index contributed by atoms with van der Waals surface area (Å²) in [7, 11) is -1.11. The molecular formula is C13H22SSi. The Labute approximate surface area is 99.5 Å². The maximum Gasteiger partial charge on any atom is 0.0775 e. The van der Waals surface area contributed by atoms with Crippen LogP contribution in [0.25, 0.3) is 0 Å². The van der Waals surface area contributed by atoms with E-state index in [2.05, 4.69) is 57.8 Å². The lowest BCUT2D eigenvalue weighted by Crippen LogP contribution is -2.37. The van der Waals surface area contributed by atoms with Crippen LogP contribution in [0.4, 0.5) is 0 Å². The zero-order chi connectivity index (χ0) is 11.5. The lowest BCUT2D eigenvalue weighted by molar-refractivity contribution is 1.11. The monoisotopic (exact) mass is 238 g/mol. The van der Waals surface area contributed by atoms with Crippen molar-refractivity contribution in [2.75, 3.05) is 0 Å². The molecule has 0 aromatic heterocycles. The van der Waals surface area contributed by atoms with Gasteiger partial charge in [0, 0.05) is 5.75 Å². The molecule has 0 nitrogen and oxygen atoms in total. The van der Waals surface area contributed by atoms with Crippen LogP contribution in [0.2, 0.25) is 19.6 Å². The van der Waals surface area contributed by atoms with Gasteiger partial charge in [-0.15, -0.1) is 0 Å². The third-order valence-electron chi connectivity index (χ3n) is 2.40. The summed E-state index contributed by atoms with van der Waals surface area (Å²) >= 11 is 2.01. The SMILES string of the molecule is CC(C)SCc1ccc([Si](C)(C)C)cc1. The van der Waals surface area contributed by atoms with Crippen molar-refractivity contribution in [3.05, 3.63) is 29.8 Å². The third kappa shape index (κ3) is 4.43. The second-order valence-electron chi connectivity index (χ2n) is 5.31. The molecule has 0 atom stereocenters. The van der Waals surface area contributed by atoms with Crippen molar-refractivity contribution in [3.8, 4) is 0 Å². The average molecular weight is 238 g/mol. The number of hydrogen-bond donors (Lipinski definition) is 0. The van der Waals surface area contributed by atoms with Gasteiger partial charge in [-0.1, -0.05) is 62.9 Å². The highest BCUT2D eigenvalue weighted by Gasteiger charge is 2.15. The van der Waals surface area contributed by atoms with Gasteiger partial charge >= 0.3 is 0 Å². The Bertz CT molecular complexity index is 295. The van der Waals surface area contributed by atoms with Crippen LogP contribution in [0.5, 0.6) is 0 Å². The molecule has 0 amide bonds. The molecule has 0 radical (unpaired) electrons. The fourth-order valence-electron chi connectivity index (χ4n) is 1.36. The van der Waals surface area contributed by atoms with Gasteiger partial charge in [0.2, 0.25) is 0 Å². The molecule has 0 saturated carbocycles. The van der Waals surface area contributed by atoms with Gasteiger partial charge in [0.15, 0.2) is 0 Å². The summed E-state index contributed by atoms with van der Waals surface area (Å²) in [5.74, 6) is 1.14. The minimum absolute atomic E-state index is 0.724. The highest BCUT2D eigenvalue weighted by Crippen LogP contribution is 2.16. The van der Waals surface area contributed by atoms with Crippen molar-refractivity contribution in [1.29, 1.82) is 0 Å². The molecule has 0 N–H and O–H groups in total. The van der Waals surface area contributed by atoms with E-state index in [1.807, 2.05) is 11.8 Å². The lowest BCUT2D eigenvalue weighted by atomic mass is 10.2. The van der Waals surface area contributed by atoms with Crippen LogP contribution in [0.15, 0.2) is 24.3 Å². The Morgan fingerprint density at radius 2 is 1.60 bits per heavy atom. The summed E-state index contributed by atoms with van der Waals surface area (Å²) in [6.07, 6.45) is 0. The van der Waals surface area contributed by atoms with Gasteiger partial charge < -0.3 is 0 Å². The number of hydrogen-bond acceptors (Lipinski definition) is 1. The predicted octanol–water partition coefficient (Wildman–Crippen LogP) is 3.87. The van der Waals surface area contributed by atoms with E-state index in [-0.39, 0.29) is 0 Å². The van der Waals surface area contributed by atoms with Crippen molar-refractivity contribution in [1.82, 2.24) is 0 Å². The molecule has 0 fully saturated rings. The van der Waals surface area contributed by atoms with Gasteiger partial charge in [0.05, 0.1) is 8.07 Å². The minimum Gasteiger partial charge on any atom is -0.154 e. The second kappa shape index (κ2) is 5.22. The number of thioether (sulfide) groups is 1. The molecule has 0 unspecified atom stereocenters. The van der Waals surface area contributed by atoms with Crippen molar-refractivity contribution >= 4 is 25.0 Å². The van der Waals surface area contributed by atoms with E-state index in [9.17, 15) is 0 Å². The largest absolute Gasteiger partial charge is 0.154 e. The first kappa shape index (κ1) is 12.9. The molecule has 0 heterocycles. The van der Waals surface area contributed by atoms with Gasteiger partial charge in [0.25, 0.3) is 0 Å².